The van der Waals surface area contributed by atoms with E-state index in [1.807, 2.05) is 55.5 Å². The van der Waals surface area contributed by atoms with E-state index in [4.69, 9.17) is 13.6 Å². The first-order valence-corrected chi connectivity index (χ1v) is 19.0. The van der Waals surface area contributed by atoms with Crippen LogP contribution in [0.2, 0.25) is 5.04 Å². The number of carbonyl (C=O) groups is 4. The van der Waals surface area contributed by atoms with E-state index in [0.29, 0.717) is 25.7 Å². The molecule has 3 aromatic rings. The fourth-order valence-corrected chi connectivity index (χ4v) is 12.9. The van der Waals surface area contributed by atoms with Crippen molar-refractivity contribution in [3.63, 3.8) is 0 Å². The van der Waals surface area contributed by atoms with E-state index in [-0.39, 0.29) is 41.1 Å². The van der Waals surface area contributed by atoms with Crippen LogP contribution in [-0.2, 0) is 28.3 Å². The summed E-state index contributed by atoms with van der Waals surface area (Å²) in [4.78, 5) is 53.1. The van der Waals surface area contributed by atoms with E-state index in [2.05, 4.69) is 45.0 Å². The molecular weight excluding hydrogens is 621 g/mol. The Morgan fingerprint density at radius 1 is 0.958 bits per heavy atom. The molecule has 2 aliphatic carbocycles. The van der Waals surface area contributed by atoms with Gasteiger partial charge in [0.2, 0.25) is 0 Å². The number of hydrogen-bond acceptors (Lipinski definition) is 7. The van der Waals surface area contributed by atoms with E-state index < -0.39 is 37.6 Å². The van der Waals surface area contributed by atoms with Gasteiger partial charge in [-0.3, -0.25) is 19.2 Å². The zero-order valence-corrected chi connectivity index (χ0v) is 29.8. The first-order chi connectivity index (χ1) is 22.9. The third-order valence-corrected chi connectivity index (χ3v) is 15.8. The Kier molecular flexibility index (Phi) is 10.9. The van der Waals surface area contributed by atoms with Crippen LogP contribution < -0.4 is 10.4 Å². The first kappa shape index (κ1) is 35.4. The highest BCUT2D eigenvalue weighted by Gasteiger charge is 2.55. The second-order valence-electron chi connectivity index (χ2n) is 14.6. The summed E-state index contributed by atoms with van der Waals surface area (Å²) in [6, 6.07) is 22.4. The van der Waals surface area contributed by atoms with Gasteiger partial charge in [-0.2, -0.15) is 0 Å². The largest absolute Gasteiger partial charge is 0.472 e. The van der Waals surface area contributed by atoms with Gasteiger partial charge in [0.1, 0.15) is 17.5 Å². The van der Waals surface area contributed by atoms with Crippen LogP contribution in [-0.4, -0.2) is 44.9 Å². The molecule has 2 saturated carbocycles. The number of hydrogen-bond donors (Lipinski definition) is 0. The second-order valence-corrected chi connectivity index (χ2v) is 18.8. The van der Waals surface area contributed by atoms with Crippen LogP contribution in [0.15, 0.2) is 95.8 Å². The number of ether oxygens (including phenoxy) is 1. The average molecular weight is 669 g/mol. The lowest BCUT2D eigenvalue weighted by molar-refractivity contribution is -0.156. The van der Waals surface area contributed by atoms with Crippen LogP contribution in [0.1, 0.15) is 84.1 Å². The predicted octanol–water partition coefficient (Wildman–Crippen LogP) is 6.74. The first-order valence-electron chi connectivity index (χ1n) is 17.1. The number of ketones is 3. The maximum atomic E-state index is 13.6. The number of Topliss-reactive ketones (excluding diaryl/α,β-unsaturated/α-hetero) is 2. The minimum Gasteiger partial charge on any atom is -0.472 e. The Bertz CT molecular complexity index is 1560. The fourth-order valence-electron chi connectivity index (χ4n) is 8.15. The summed E-state index contributed by atoms with van der Waals surface area (Å²) in [5.74, 6) is -2.49. The summed E-state index contributed by atoms with van der Waals surface area (Å²) in [7, 11) is -1.77. The molecule has 0 aliphatic heterocycles. The zero-order valence-electron chi connectivity index (χ0n) is 28.8. The Morgan fingerprint density at radius 2 is 1.60 bits per heavy atom. The minimum atomic E-state index is -3.05. The number of furan rings is 1. The molecule has 48 heavy (non-hydrogen) atoms. The Labute approximate surface area is 285 Å². The maximum Gasteiger partial charge on any atom is 0.316 e. The average Bonchev–Trinajstić information content (AvgIpc) is 3.70. The van der Waals surface area contributed by atoms with Gasteiger partial charge in [-0.1, -0.05) is 94.4 Å². The van der Waals surface area contributed by atoms with Crippen molar-refractivity contribution < 1.29 is 32.8 Å². The Balaban J connectivity index is 1.42. The third kappa shape index (κ3) is 6.96. The fraction of sp³-hybridized carbons (Fsp3) is 0.450. The molecule has 2 aromatic carbocycles. The van der Waals surface area contributed by atoms with Gasteiger partial charge in [0.25, 0.3) is 8.32 Å². The van der Waals surface area contributed by atoms with Crippen molar-refractivity contribution in [2.24, 2.45) is 17.3 Å². The molecule has 0 spiro atoms. The molecule has 2 aliphatic rings. The quantitative estimate of drug-likeness (QED) is 0.0912. The van der Waals surface area contributed by atoms with Crippen molar-refractivity contribution in [2.75, 3.05) is 7.11 Å². The summed E-state index contributed by atoms with van der Waals surface area (Å²) >= 11 is 0. The van der Waals surface area contributed by atoms with Gasteiger partial charge < -0.3 is 13.6 Å². The van der Waals surface area contributed by atoms with Crippen molar-refractivity contribution >= 4 is 42.0 Å². The monoisotopic (exact) mass is 668 g/mol. The van der Waals surface area contributed by atoms with Crippen LogP contribution in [0.4, 0.5) is 0 Å². The molecule has 0 unspecified atom stereocenters. The van der Waals surface area contributed by atoms with E-state index in [0.717, 1.165) is 22.4 Å². The summed E-state index contributed by atoms with van der Waals surface area (Å²) in [6.45, 7) is 8.55. The van der Waals surface area contributed by atoms with Crippen LogP contribution in [0.3, 0.4) is 0 Å². The van der Waals surface area contributed by atoms with E-state index in [9.17, 15) is 19.2 Å². The van der Waals surface area contributed by atoms with Gasteiger partial charge in [0.05, 0.1) is 25.7 Å². The van der Waals surface area contributed by atoms with Crippen molar-refractivity contribution in [2.45, 2.75) is 89.7 Å². The number of allylic oxidation sites excluding steroid dienone is 2. The molecule has 0 bridgehead atoms. The summed E-state index contributed by atoms with van der Waals surface area (Å²) < 4.78 is 17.9. The molecule has 5 rings (SSSR count). The molecule has 0 saturated heterocycles. The van der Waals surface area contributed by atoms with Gasteiger partial charge in [-0.25, -0.2) is 0 Å². The number of rotatable bonds is 12. The van der Waals surface area contributed by atoms with Crippen LogP contribution in [0, 0.1) is 17.3 Å². The lowest BCUT2D eigenvalue weighted by atomic mass is 9.73. The lowest BCUT2D eigenvalue weighted by Crippen LogP contribution is -2.68. The maximum absolute atomic E-state index is 13.6. The molecule has 254 valence electrons. The normalized spacial score (nSPS) is 25.0. The number of esters is 1. The predicted molar refractivity (Wildman–Crippen MR) is 188 cm³/mol. The number of carbonyl (C=O) groups excluding carboxylic acids is 4. The molecule has 5 atom stereocenters. The van der Waals surface area contributed by atoms with Gasteiger partial charge in [0, 0.05) is 30.6 Å². The molecular formula is C40H48O7Si. The van der Waals surface area contributed by atoms with Crippen LogP contribution >= 0.6 is 0 Å². The Hall–Kier alpha value is -3.88. The van der Waals surface area contributed by atoms with Crippen molar-refractivity contribution in [1.29, 1.82) is 0 Å². The van der Waals surface area contributed by atoms with Crippen molar-refractivity contribution in [3.05, 3.63) is 97.0 Å². The van der Waals surface area contributed by atoms with E-state index >= 15 is 0 Å². The number of methoxy groups -OCH3 is 1. The highest BCUT2D eigenvalue weighted by atomic mass is 28.4. The van der Waals surface area contributed by atoms with Gasteiger partial charge in [-0.15, -0.1) is 0 Å². The third-order valence-electron chi connectivity index (χ3n) is 10.7. The second kappa shape index (κ2) is 14.7. The summed E-state index contributed by atoms with van der Waals surface area (Å²) in [6.07, 6.45) is 9.23. The minimum absolute atomic E-state index is 0.0290. The highest BCUT2D eigenvalue weighted by molar-refractivity contribution is 6.99. The molecule has 7 nitrogen and oxygen atoms in total. The van der Waals surface area contributed by atoms with Gasteiger partial charge in [0.15, 0.2) is 5.78 Å². The zero-order chi connectivity index (χ0) is 34.5. The summed E-state index contributed by atoms with van der Waals surface area (Å²) in [5.41, 5.74) is 0.503. The molecule has 1 heterocycles. The lowest BCUT2D eigenvalue weighted by Gasteiger charge is -2.48. The molecule has 0 radical (unpaired) electrons. The Morgan fingerprint density at radius 3 is 2.17 bits per heavy atom. The van der Waals surface area contributed by atoms with Crippen molar-refractivity contribution in [1.82, 2.24) is 0 Å². The highest BCUT2D eigenvalue weighted by Crippen LogP contribution is 2.50. The van der Waals surface area contributed by atoms with Crippen LogP contribution in [0.5, 0.6) is 0 Å². The smallest absolute Gasteiger partial charge is 0.316 e. The van der Waals surface area contributed by atoms with Gasteiger partial charge in [-0.05, 0) is 64.7 Å². The molecule has 8 heteroatoms. The van der Waals surface area contributed by atoms with E-state index in [1.54, 1.807) is 18.6 Å². The number of benzene rings is 2. The molecule has 2 fully saturated rings. The standard InChI is InChI=1S/C40H48O7Si/c1-39(2,3)48(30-15-8-6-9-16-30,31-17-10-7-11-18-31)47-35-21-20-34(42)37(38(44)45-5)32(35)26-29(41)14-12-13-24-40(4)33(19-22-36(40)43)28-23-25-46-27-28/h6-12,14-18,23,25,27,32-33,35,37H,13,19-22,24,26H2,1-5H3/b14-12+/t32-,33-,35+,37+,40-/m1/s1. The van der Waals surface area contributed by atoms with Crippen LogP contribution in [0.25, 0.3) is 0 Å². The SMILES string of the molecule is COC(=O)[C@@H]1C(=O)CC[C@H](O[Si](c2ccccc2)(c2ccccc2)C(C)(C)C)[C@H]1CC(=O)/C=C/CC[C@@]1(C)C(=O)CC[C@@H]1c1ccoc1. The molecule has 0 amide bonds. The topological polar surface area (TPSA) is 99.9 Å². The van der Waals surface area contributed by atoms with E-state index in [1.165, 1.54) is 7.11 Å². The van der Waals surface area contributed by atoms with Crippen molar-refractivity contribution in [3.8, 4) is 0 Å². The molecule has 1 aromatic heterocycles. The summed E-state index contributed by atoms with van der Waals surface area (Å²) in [5, 5.41) is 1.85. The molecule has 0 N–H and O–H groups in total. The van der Waals surface area contributed by atoms with Gasteiger partial charge >= 0.3 is 5.97 Å².